The van der Waals surface area contributed by atoms with Crippen molar-refractivity contribution in [3.63, 3.8) is 0 Å². The van der Waals surface area contributed by atoms with Crippen LogP contribution >= 0.6 is 11.6 Å². The highest BCUT2D eigenvalue weighted by Crippen LogP contribution is 2.29. The Morgan fingerprint density at radius 1 is 1.25 bits per heavy atom. The molecule has 0 radical (unpaired) electrons. The summed E-state index contributed by atoms with van der Waals surface area (Å²) < 4.78 is 0. The molecule has 0 saturated carbocycles. The molecular formula is C13H7ClN4O2. The molecule has 98 valence electrons. The fourth-order valence-corrected chi connectivity index (χ4v) is 1.59. The molecule has 2 N–H and O–H groups in total. The van der Waals surface area contributed by atoms with Crippen molar-refractivity contribution in [2.24, 2.45) is 0 Å². The van der Waals surface area contributed by atoms with E-state index in [-0.39, 0.29) is 16.9 Å². The molecule has 0 bridgehead atoms. The van der Waals surface area contributed by atoms with E-state index in [0.29, 0.717) is 10.6 Å². The molecule has 7 heteroatoms. The minimum atomic E-state index is -1.22. The highest BCUT2D eigenvalue weighted by Gasteiger charge is 2.17. The summed E-state index contributed by atoms with van der Waals surface area (Å²) in [7, 11) is 0. The zero-order valence-corrected chi connectivity index (χ0v) is 11.0. The molecule has 0 aliphatic carbocycles. The summed E-state index contributed by atoms with van der Waals surface area (Å²) in [5.74, 6) is -1.22. The number of anilines is 1. The number of hydrogen-bond acceptors (Lipinski definition) is 5. The van der Waals surface area contributed by atoms with Gasteiger partial charge in [0.1, 0.15) is 23.9 Å². The summed E-state index contributed by atoms with van der Waals surface area (Å²) in [6, 6.07) is 7.46. The number of halogens is 1. The van der Waals surface area contributed by atoms with Crippen LogP contribution in [0.4, 0.5) is 5.69 Å². The SMILES string of the molecule is Cc1c(Cl)ccc(C(=O)O)c1NC(C#N)=C(C#N)C#N. The van der Waals surface area contributed by atoms with E-state index < -0.39 is 11.5 Å². The normalized spacial score (nSPS) is 8.75. The number of carboxylic acids is 1. The van der Waals surface area contributed by atoms with E-state index in [4.69, 9.17) is 32.5 Å². The van der Waals surface area contributed by atoms with Gasteiger partial charge < -0.3 is 10.4 Å². The summed E-state index contributed by atoms with van der Waals surface area (Å²) >= 11 is 5.90. The van der Waals surface area contributed by atoms with Gasteiger partial charge in [-0.2, -0.15) is 15.8 Å². The fourth-order valence-electron chi connectivity index (χ4n) is 1.43. The van der Waals surface area contributed by atoms with E-state index in [9.17, 15) is 4.79 Å². The lowest BCUT2D eigenvalue weighted by Crippen LogP contribution is -2.09. The number of nitrogens with zero attached hydrogens (tertiary/aromatic N) is 3. The maximum atomic E-state index is 11.2. The molecular weight excluding hydrogens is 280 g/mol. The van der Waals surface area contributed by atoms with Gasteiger partial charge in [0.2, 0.25) is 0 Å². The minimum absolute atomic E-state index is 0.0737. The van der Waals surface area contributed by atoms with Gasteiger partial charge in [-0.3, -0.25) is 0 Å². The first-order chi connectivity index (χ1) is 9.46. The van der Waals surface area contributed by atoms with Crippen molar-refractivity contribution >= 4 is 23.3 Å². The lowest BCUT2D eigenvalue weighted by Gasteiger charge is -2.12. The molecule has 1 aromatic carbocycles. The van der Waals surface area contributed by atoms with Crippen LogP contribution in [0.5, 0.6) is 0 Å². The van der Waals surface area contributed by atoms with Crippen molar-refractivity contribution in [3.05, 3.63) is 39.6 Å². The van der Waals surface area contributed by atoms with Crippen LogP contribution in [-0.4, -0.2) is 11.1 Å². The van der Waals surface area contributed by atoms with Gasteiger partial charge in [0.05, 0.1) is 11.3 Å². The molecule has 0 amide bonds. The van der Waals surface area contributed by atoms with Crippen molar-refractivity contribution < 1.29 is 9.90 Å². The Kier molecular flexibility index (Phi) is 4.70. The number of carbonyl (C=O) groups is 1. The number of carboxylic acid groups (broad SMARTS) is 1. The highest BCUT2D eigenvalue weighted by molar-refractivity contribution is 6.32. The van der Waals surface area contributed by atoms with Crippen LogP contribution < -0.4 is 5.32 Å². The van der Waals surface area contributed by atoms with Crippen LogP contribution in [0, 0.1) is 40.9 Å². The van der Waals surface area contributed by atoms with Gasteiger partial charge in [0.25, 0.3) is 0 Å². The van der Waals surface area contributed by atoms with Gasteiger partial charge in [-0.05, 0) is 24.6 Å². The average molecular weight is 287 g/mol. The van der Waals surface area contributed by atoms with Crippen LogP contribution in [0.25, 0.3) is 0 Å². The Morgan fingerprint density at radius 2 is 1.85 bits per heavy atom. The predicted molar refractivity (Wildman–Crippen MR) is 70.6 cm³/mol. The molecule has 0 heterocycles. The molecule has 1 rings (SSSR count). The Balaban J connectivity index is 3.50. The van der Waals surface area contributed by atoms with E-state index >= 15 is 0 Å². The number of hydrogen-bond donors (Lipinski definition) is 2. The number of nitriles is 3. The monoisotopic (exact) mass is 286 g/mol. The van der Waals surface area contributed by atoms with Crippen LogP contribution in [0.3, 0.4) is 0 Å². The molecule has 1 aromatic rings. The lowest BCUT2D eigenvalue weighted by molar-refractivity contribution is 0.0698. The first-order valence-corrected chi connectivity index (χ1v) is 5.58. The van der Waals surface area contributed by atoms with E-state index in [1.54, 1.807) is 25.1 Å². The Hall–Kier alpha value is -3.01. The van der Waals surface area contributed by atoms with E-state index in [0.717, 1.165) is 0 Å². The number of aromatic carboxylic acids is 1. The molecule has 0 atom stereocenters. The van der Waals surface area contributed by atoms with E-state index in [1.807, 2.05) is 0 Å². The Bertz CT molecular complexity index is 716. The zero-order chi connectivity index (χ0) is 15.3. The summed E-state index contributed by atoms with van der Waals surface area (Å²) in [5.41, 5.74) is -0.417. The standard InChI is InChI=1S/C13H7ClN4O2/c1-7-10(14)3-2-9(13(19)20)12(7)18-11(6-17)8(4-15)5-16/h2-3,18H,1H3,(H,19,20). The molecule has 6 nitrogen and oxygen atoms in total. The smallest absolute Gasteiger partial charge is 0.337 e. The zero-order valence-electron chi connectivity index (χ0n) is 10.2. The molecule has 0 spiro atoms. The predicted octanol–water partition coefficient (Wildman–Crippen LogP) is 2.58. The molecule has 20 heavy (non-hydrogen) atoms. The molecule has 0 unspecified atom stereocenters. The first-order valence-electron chi connectivity index (χ1n) is 5.20. The van der Waals surface area contributed by atoms with Gasteiger partial charge >= 0.3 is 5.97 Å². The maximum absolute atomic E-state index is 11.2. The van der Waals surface area contributed by atoms with Crippen molar-refractivity contribution in [1.29, 1.82) is 15.8 Å². The summed E-state index contributed by atoms with van der Waals surface area (Å²) in [5, 5.41) is 38.3. The number of benzene rings is 1. The maximum Gasteiger partial charge on any atom is 0.337 e. The van der Waals surface area contributed by atoms with Gasteiger partial charge in [-0.15, -0.1) is 0 Å². The van der Waals surface area contributed by atoms with Crippen molar-refractivity contribution in [2.45, 2.75) is 6.92 Å². The fraction of sp³-hybridized carbons (Fsp3) is 0.0769. The molecule has 0 fully saturated rings. The quantitative estimate of drug-likeness (QED) is 0.824. The Labute approximate surface area is 119 Å². The third-order valence-corrected chi connectivity index (χ3v) is 2.87. The van der Waals surface area contributed by atoms with Crippen molar-refractivity contribution in [1.82, 2.24) is 0 Å². The second kappa shape index (κ2) is 6.24. The highest BCUT2D eigenvalue weighted by atomic mass is 35.5. The number of rotatable bonds is 3. The van der Waals surface area contributed by atoms with Gasteiger partial charge in [-0.25, -0.2) is 4.79 Å². The summed E-state index contributed by atoms with van der Waals surface area (Å²) in [6.45, 7) is 1.56. The summed E-state index contributed by atoms with van der Waals surface area (Å²) in [4.78, 5) is 11.2. The molecule has 0 aromatic heterocycles. The van der Waals surface area contributed by atoms with Gasteiger partial charge in [0.15, 0.2) is 5.57 Å². The topological polar surface area (TPSA) is 121 Å². The number of nitrogens with one attached hydrogen (secondary N) is 1. The first kappa shape index (κ1) is 15.0. The molecule has 0 aliphatic rings. The van der Waals surface area contributed by atoms with E-state index in [2.05, 4.69) is 5.32 Å². The minimum Gasteiger partial charge on any atom is -0.478 e. The van der Waals surface area contributed by atoms with Crippen molar-refractivity contribution in [2.75, 3.05) is 5.32 Å². The van der Waals surface area contributed by atoms with Gasteiger partial charge in [0, 0.05) is 5.02 Å². The molecule has 0 aliphatic heterocycles. The van der Waals surface area contributed by atoms with Gasteiger partial charge in [-0.1, -0.05) is 11.6 Å². The number of allylic oxidation sites excluding steroid dienone is 2. The third-order valence-electron chi connectivity index (χ3n) is 2.46. The second-order valence-electron chi connectivity index (χ2n) is 3.61. The van der Waals surface area contributed by atoms with Crippen LogP contribution in [0.1, 0.15) is 15.9 Å². The molecule has 0 saturated heterocycles. The van der Waals surface area contributed by atoms with Crippen LogP contribution in [-0.2, 0) is 0 Å². The van der Waals surface area contributed by atoms with Crippen LogP contribution in [0.2, 0.25) is 5.02 Å². The Morgan fingerprint density at radius 3 is 2.30 bits per heavy atom. The average Bonchev–Trinajstić information content (AvgIpc) is 2.43. The third kappa shape index (κ3) is 2.87. The largest absolute Gasteiger partial charge is 0.478 e. The van der Waals surface area contributed by atoms with Crippen molar-refractivity contribution in [3.8, 4) is 18.2 Å². The van der Waals surface area contributed by atoms with Crippen LogP contribution in [0.15, 0.2) is 23.4 Å². The second-order valence-corrected chi connectivity index (χ2v) is 4.02. The summed E-state index contributed by atoms with van der Waals surface area (Å²) in [6.07, 6.45) is 0. The van der Waals surface area contributed by atoms with E-state index in [1.165, 1.54) is 12.1 Å². The lowest BCUT2D eigenvalue weighted by atomic mass is 10.1.